The van der Waals surface area contributed by atoms with E-state index >= 15 is 0 Å². The fraction of sp³-hybridized carbons (Fsp3) is 0.500. The van der Waals surface area contributed by atoms with Gasteiger partial charge in [-0.25, -0.2) is 0 Å². The second-order valence-corrected chi connectivity index (χ2v) is 4.70. The smallest absolute Gasteiger partial charge is 0.227 e. The van der Waals surface area contributed by atoms with Gasteiger partial charge in [-0.3, -0.25) is 4.79 Å². The average molecular weight is 248 g/mol. The second kappa shape index (κ2) is 5.40. The summed E-state index contributed by atoms with van der Waals surface area (Å²) in [5, 5.41) is 0. The fourth-order valence-electron chi connectivity index (χ4n) is 2.43. The number of hydrogen-bond donors (Lipinski definition) is 1. The molecule has 1 heterocycles. The molecule has 0 aliphatic carbocycles. The van der Waals surface area contributed by atoms with Gasteiger partial charge >= 0.3 is 0 Å². The third-order valence-corrected chi connectivity index (χ3v) is 3.70. The van der Waals surface area contributed by atoms with Gasteiger partial charge in [-0.2, -0.15) is 0 Å². The first kappa shape index (κ1) is 12.9. The van der Waals surface area contributed by atoms with Crippen LogP contribution in [0.15, 0.2) is 24.3 Å². The van der Waals surface area contributed by atoms with Gasteiger partial charge in [0.2, 0.25) is 5.91 Å². The molecular formula is C14H20N2O2. The number of methoxy groups -OCH3 is 1. The molecule has 1 aromatic rings. The van der Waals surface area contributed by atoms with Crippen molar-refractivity contribution >= 4 is 5.91 Å². The van der Waals surface area contributed by atoms with Crippen LogP contribution in [0.1, 0.15) is 24.9 Å². The molecule has 0 bridgehead atoms. The van der Waals surface area contributed by atoms with Crippen LogP contribution in [0.3, 0.4) is 0 Å². The SMILES string of the molecule is COc1ccc(C(C)N2CCC(CN)C2=O)cc1. The normalized spacial score (nSPS) is 21.2. The Hall–Kier alpha value is -1.55. The monoisotopic (exact) mass is 248 g/mol. The Morgan fingerprint density at radius 3 is 2.61 bits per heavy atom. The lowest BCUT2D eigenvalue weighted by Crippen LogP contribution is -2.32. The summed E-state index contributed by atoms with van der Waals surface area (Å²) in [5.74, 6) is 1.02. The van der Waals surface area contributed by atoms with Gasteiger partial charge in [0.15, 0.2) is 0 Å². The van der Waals surface area contributed by atoms with Gasteiger partial charge in [0.25, 0.3) is 0 Å². The summed E-state index contributed by atoms with van der Waals surface area (Å²) in [6, 6.07) is 7.96. The van der Waals surface area contributed by atoms with E-state index in [1.165, 1.54) is 0 Å². The third-order valence-electron chi connectivity index (χ3n) is 3.70. The quantitative estimate of drug-likeness (QED) is 0.879. The lowest BCUT2D eigenvalue weighted by Gasteiger charge is -2.25. The summed E-state index contributed by atoms with van der Waals surface area (Å²) in [5.41, 5.74) is 6.73. The van der Waals surface area contributed by atoms with Crippen LogP contribution in [0.4, 0.5) is 0 Å². The summed E-state index contributed by atoms with van der Waals surface area (Å²) >= 11 is 0. The number of ether oxygens (including phenoxy) is 1. The molecule has 0 aromatic heterocycles. The van der Waals surface area contributed by atoms with Crippen molar-refractivity contribution in [3.8, 4) is 5.75 Å². The Kier molecular flexibility index (Phi) is 3.87. The maximum atomic E-state index is 12.1. The first-order valence-electron chi connectivity index (χ1n) is 6.32. The lowest BCUT2D eigenvalue weighted by atomic mass is 10.1. The molecule has 1 aliphatic rings. The van der Waals surface area contributed by atoms with Gasteiger partial charge in [-0.1, -0.05) is 12.1 Å². The van der Waals surface area contributed by atoms with E-state index in [2.05, 4.69) is 6.92 Å². The maximum absolute atomic E-state index is 12.1. The van der Waals surface area contributed by atoms with Crippen molar-refractivity contribution in [2.75, 3.05) is 20.2 Å². The van der Waals surface area contributed by atoms with Crippen molar-refractivity contribution in [3.63, 3.8) is 0 Å². The van der Waals surface area contributed by atoms with Crippen molar-refractivity contribution in [2.45, 2.75) is 19.4 Å². The zero-order chi connectivity index (χ0) is 13.1. The molecule has 1 amide bonds. The lowest BCUT2D eigenvalue weighted by molar-refractivity contribution is -0.132. The number of benzene rings is 1. The van der Waals surface area contributed by atoms with Crippen LogP contribution >= 0.6 is 0 Å². The minimum absolute atomic E-state index is 0.00528. The molecule has 0 radical (unpaired) electrons. The molecule has 4 nitrogen and oxygen atoms in total. The van der Waals surface area contributed by atoms with Gasteiger partial charge in [-0.05, 0) is 31.0 Å². The Labute approximate surface area is 108 Å². The molecule has 2 atom stereocenters. The largest absolute Gasteiger partial charge is 0.497 e. The minimum atomic E-state index is 0.00528. The van der Waals surface area contributed by atoms with Crippen LogP contribution in [0.2, 0.25) is 0 Å². The van der Waals surface area contributed by atoms with Crippen LogP contribution in [-0.2, 0) is 4.79 Å². The molecule has 2 rings (SSSR count). The summed E-state index contributed by atoms with van der Waals surface area (Å²) in [7, 11) is 1.65. The van der Waals surface area contributed by atoms with E-state index in [-0.39, 0.29) is 17.9 Å². The van der Waals surface area contributed by atoms with E-state index in [1.54, 1.807) is 7.11 Å². The van der Waals surface area contributed by atoms with Crippen LogP contribution in [0, 0.1) is 5.92 Å². The number of nitrogens with two attached hydrogens (primary N) is 1. The van der Waals surface area contributed by atoms with E-state index in [1.807, 2.05) is 29.2 Å². The van der Waals surface area contributed by atoms with Gasteiger partial charge in [0.05, 0.1) is 19.1 Å². The van der Waals surface area contributed by atoms with E-state index in [0.29, 0.717) is 6.54 Å². The van der Waals surface area contributed by atoms with Gasteiger partial charge in [0, 0.05) is 13.1 Å². The number of likely N-dealkylation sites (tertiary alicyclic amines) is 1. The molecule has 0 spiro atoms. The Morgan fingerprint density at radius 1 is 1.44 bits per heavy atom. The molecule has 1 fully saturated rings. The zero-order valence-corrected chi connectivity index (χ0v) is 10.9. The molecule has 2 N–H and O–H groups in total. The van der Waals surface area contributed by atoms with Crippen molar-refractivity contribution in [2.24, 2.45) is 11.7 Å². The van der Waals surface area contributed by atoms with E-state index in [0.717, 1.165) is 24.3 Å². The number of amides is 1. The summed E-state index contributed by atoms with van der Waals surface area (Å²) in [6.45, 7) is 3.30. The van der Waals surface area contributed by atoms with Crippen LogP contribution in [-0.4, -0.2) is 31.0 Å². The second-order valence-electron chi connectivity index (χ2n) is 4.70. The first-order valence-corrected chi connectivity index (χ1v) is 6.32. The van der Waals surface area contributed by atoms with Crippen molar-refractivity contribution in [1.29, 1.82) is 0 Å². The number of rotatable bonds is 4. The highest BCUT2D eigenvalue weighted by Gasteiger charge is 2.33. The standard InChI is InChI=1S/C14H20N2O2/c1-10(11-3-5-13(18-2)6-4-11)16-8-7-12(9-15)14(16)17/h3-6,10,12H,7-9,15H2,1-2H3. The molecule has 2 unspecified atom stereocenters. The number of nitrogens with zero attached hydrogens (tertiary/aromatic N) is 1. The van der Waals surface area contributed by atoms with Crippen molar-refractivity contribution < 1.29 is 9.53 Å². The van der Waals surface area contributed by atoms with E-state index < -0.39 is 0 Å². The molecule has 1 saturated heterocycles. The zero-order valence-electron chi connectivity index (χ0n) is 10.9. The summed E-state index contributed by atoms with van der Waals surface area (Å²) in [6.07, 6.45) is 0.871. The molecule has 4 heteroatoms. The summed E-state index contributed by atoms with van der Waals surface area (Å²) < 4.78 is 5.13. The van der Waals surface area contributed by atoms with E-state index in [4.69, 9.17) is 10.5 Å². The predicted octanol–water partition coefficient (Wildman–Crippen LogP) is 1.56. The van der Waals surface area contributed by atoms with Crippen LogP contribution < -0.4 is 10.5 Å². The Bertz CT molecular complexity index is 416. The van der Waals surface area contributed by atoms with Crippen LogP contribution in [0.5, 0.6) is 5.75 Å². The molecule has 1 aliphatic heterocycles. The maximum Gasteiger partial charge on any atom is 0.227 e. The topological polar surface area (TPSA) is 55.6 Å². The van der Waals surface area contributed by atoms with E-state index in [9.17, 15) is 4.79 Å². The average Bonchev–Trinajstić information content (AvgIpc) is 2.79. The number of hydrogen-bond acceptors (Lipinski definition) is 3. The summed E-state index contributed by atoms with van der Waals surface area (Å²) in [4.78, 5) is 14.0. The molecule has 18 heavy (non-hydrogen) atoms. The molecule has 98 valence electrons. The highest BCUT2D eigenvalue weighted by atomic mass is 16.5. The Morgan fingerprint density at radius 2 is 2.11 bits per heavy atom. The third kappa shape index (κ3) is 2.34. The first-order chi connectivity index (χ1) is 8.67. The highest BCUT2D eigenvalue weighted by molar-refractivity contribution is 5.81. The number of carbonyl (C=O) groups excluding carboxylic acids is 1. The minimum Gasteiger partial charge on any atom is -0.497 e. The fourth-order valence-corrected chi connectivity index (χ4v) is 2.43. The van der Waals surface area contributed by atoms with Gasteiger partial charge in [-0.15, -0.1) is 0 Å². The highest BCUT2D eigenvalue weighted by Crippen LogP contribution is 2.28. The van der Waals surface area contributed by atoms with Crippen molar-refractivity contribution in [3.05, 3.63) is 29.8 Å². The van der Waals surface area contributed by atoms with Gasteiger partial charge in [0.1, 0.15) is 5.75 Å². The number of carbonyl (C=O) groups is 1. The van der Waals surface area contributed by atoms with Crippen LogP contribution in [0.25, 0.3) is 0 Å². The van der Waals surface area contributed by atoms with Crippen molar-refractivity contribution in [1.82, 2.24) is 4.90 Å². The molecule has 0 saturated carbocycles. The molecular weight excluding hydrogens is 228 g/mol. The molecule has 1 aromatic carbocycles. The predicted molar refractivity (Wildman–Crippen MR) is 70.3 cm³/mol. The Balaban J connectivity index is 2.11. The van der Waals surface area contributed by atoms with Gasteiger partial charge < -0.3 is 15.4 Å².